The van der Waals surface area contributed by atoms with E-state index in [1.165, 1.54) is 5.57 Å². The quantitative estimate of drug-likeness (QED) is 0.677. The number of hydrogen-bond acceptors (Lipinski definition) is 3. The third kappa shape index (κ3) is 4.92. The molecule has 1 N–H and O–H groups in total. The molecule has 1 fully saturated rings. The first kappa shape index (κ1) is 15.4. The van der Waals surface area contributed by atoms with Gasteiger partial charge in [-0.05, 0) is 32.1 Å². The van der Waals surface area contributed by atoms with Crippen LogP contribution >= 0.6 is 0 Å². The van der Waals surface area contributed by atoms with Crippen LogP contribution in [0.4, 0.5) is 0 Å². The van der Waals surface area contributed by atoms with Crippen molar-refractivity contribution in [2.45, 2.75) is 51.4 Å². The fourth-order valence-corrected chi connectivity index (χ4v) is 2.08. The topological polar surface area (TPSA) is 38.7 Å². The van der Waals surface area contributed by atoms with Gasteiger partial charge in [0.2, 0.25) is 0 Å². The Bertz CT molecular complexity index is 279. The molecule has 0 aromatic carbocycles. The Hall–Kier alpha value is -0.640. The van der Waals surface area contributed by atoms with E-state index < -0.39 is 11.9 Å². The first-order valence-electron chi connectivity index (χ1n) is 6.73. The van der Waals surface area contributed by atoms with Crippen molar-refractivity contribution in [1.82, 2.24) is 0 Å². The van der Waals surface area contributed by atoms with Crippen LogP contribution < -0.4 is 0 Å². The van der Waals surface area contributed by atoms with Gasteiger partial charge in [-0.3, -0.25) is 0 Å². The summed E-state index contributed by atoms with van der Waals surface area (Å²) in [6, 6.07) is 0. The van der Waals surface area contributed by atoms with Crippen molar-refractivity contribution in [3.8, 4) is 0 Å². The normalized spacial score (nSPS) is 21.5. The number of ether oxygens (including phenoxy) is 2. The van der Waals surface area contributed by atoms with Gasteiger partial charge in [0.15, 0.2) is 5.79 Å². The van der Waals surface area contributed by atoms with E-state index in [0.717, 1.165) is 25.7 Å². The smallest absolute Gasteiger partial charge is 0.166 e. The molecule has 1 rings (SSSR count). The van der Waals surface area contributed by atoms with Crippen molar-refractivity contribution in [3.05, 3.63) is 24.8 Å². The number of aliphatic hydroxyl groups is 1. The second-order valence-electron chi connectivity index (χ2n) is 5.27. The predicted octanol–water partition coefficient (Wildman–Crippen LogP) is 3.05. The van der Waals surface area contributed by atoms with E-state index in [1.54, 1.807) is 6.08 Å². The molecule has 0 aromatic rings. The van der Waals surface area contributed by atoms with Gasteiger partial charge in [-0.15, -0.1) is 6.58 Å². The van der Waals surface area contributed by atoms with Gasteiger partial charge < -0.3 is 14.6 Å². The molecule has 3 heteroatoms. The zero-order chi connectivity index (χ0) is 13.6. The van der Waals surface area contributed by atoms with E-state index in [-0.39, 0.29) is 0 Å². The molecule has 0 spiro atoms. The molecule has 0 amide bonds. The van der Waals surface area contributed by atoms with Crippen LogP contribution in [0.3, 0.4) is 0 Å². The molecule has 1 aliphatic heterocycles. The average Bonchev–Trinajstić information content (AvgIpc) is 2.80. The Morgan fingerprint density at radius 3 is 2.56 bits per heavy atom. The van der Waals surface area contributed by atoms with E-state index in [9.17, 15) is 5.11 Å². The first-order valence-corrected chi connectivity index (χ1v) is 6.73. The molecule has 0 saturated carbocycles. The molecule has 3 nitrogen and oxygen atoms in total. The van der Waals surface area contributed by atoms with Crippen LogP contribution in [0.5, 0.6) is 0 Å². The van der Waals surface area contributed by atoms with Gasteiger partial charge in [0.05, 0.1) is 19.3 Å². The zero-order valence-corrected chi connectivity index (χ0v) is 11.7. The summed E-state index contributed by atoms with van der Waals surface area (Å²) >= 11 is 0. The summed E-state index contributed by atoms with van der Waals surface area (Å²) in [6.07, 6.45) is 4.61. The average molecular weight is 254 g/mol. The molecule has 1 unspecified atom stereocenters. The molecule has 2 atom stereocenters. The largest absolute Gasteiger partial charge is 0.389 e. The molecular weight excluding hydrogens is 228 g/mol. The van der Waals surface area contributed by atoms with Crippen LogP contribution in [0.15, 0.2) is 24.8 Å². The van der Waals surface area contributed by atoms with E-state index in [0.29, 0.717) is 19.1 Å². The Balaban J connectivity index is 2.25. The number of allylic oxidation sites excluding steroid dienone is 1. The minimum Gasteiger partial charge on any atom is -0.389 e. The minimum atomic E-state index is -0.427. The van der Waals surface area contributed by atoms with Crippen molar-refractivity contribution in [1.29, 1.82) is 0 Å². The van der Waals surface area contributed by atoms with E-state index in [4.69, 9.17) is 9.47 Å². The maximum Gasteiger partial charge on any atom is 0.166 e. The number of rotatable bonds is 8. The maximum atomic E-state index is 9.44. The van der Waals surface area contributed by atoms with Gasteiger partial charge >= 0.3 is 0 Å². The van der Waals surface area contributed by atoms with Gasteiger partial charge in [0.1, 0.15) is 0 Å². The third-order valence-electron chi connectivity index (χ3n) is 3.66. The first-order chi connectivity index (χ1) is 8.47. The summed E-state index contributed by atoms with van der Waals surface area (Å²) < 4.78 is 11.1. The van der Waals surface area contributed by atoms with Crippen LogP contribution in [-0.2, 0) is 9.47 Å². The fourth-order valence-electron chi connectivity index (χ4n) is 2.08. The van der Waals surface area contributed by atoms with Gasteiger partial charge in [0, 0.05) is 6.42 Å². The van der Waals surface area contributed by atoms with Crippen molar-refractivity contribution < 1.29 is 14.6 Å². The SMILES string of the molecule is C=CC(O)CC[C@@H](C)C(=C)CCC1(C)OCCO1. The lowest BCUT2D eigenvalue weighted by Gasteiger charge is -2.24. The highest BCUT2D eigenvalue weighted by atomic mass is 16.7. The lowest BCUT2D eigenvalue weighted by atomic mass is 9.91. The summed E-state index contributed by atoms with van der Waals surface area (Å²) in [6.45, 7) is 13.2. The molecule has 1 heterocycles. The third-order valence-corrected chi connectivity index (χ3v) is 3.66. The van der Waals surface area contributed by atoms with Crippen molar-refractivity contribution in [3.63, 3.8) is 0 Å². The fraction of sp³-hybridized carbons (Fsp3) is 0.733. The predicted molar refractivity (Wildman–Crippen MR) is 73.3 cm³/mol. The Morgan fingerprint density at radius 2 is 2.00 bits per heavy atom. The van der Waals surface area contributed by atoms with E-state index >= 15 is 0 Å². The Kier molecular flexibility index (Phi) is 6.06. The van der Waals surface area contributed by atoms with Crippen molar-refractivity contribution >= 4 is 0 Å². The molecule has 0 aliphatic carbocycles. The number of hydrogen-bond donors (Lipinski definition) is 1. The van der Waals surface area contributed by atoms with Gasteiger partial charge in [-0.25, -0.2) is 0 Å². The van der Waals surface area contributed by atoms with Crippen LogP contribution in [-0.4, -0.2) is 30.2 Å². The molecule has 0 radical (unpaired) electrons. The molecule has 18 heavy (non-hydrogen) atoms. The maximum absolute atomic E-state index is 9.44. The highest BCUT2D eigenvalue weighted by Gasteiger charge is 2.30. The summed E-state index contributed by atoms with van der Waals surface area (Å²) in [5, 5.41) is 9.44. The Labute approximate surface area is 110 Å². The second-order valence-corrected chi connectivity index (χ2v) is 5.27. The highest BCUT2D eigenvalue weighted by Crippen LogP contribution is 2.28. The second kappa shape index (κ2) is 7.07. The number of aliphatic hydroxyl groups excluding tert-OH is 1. The monoisotopic (exact) mass is 254 g/mol. The van der Waals surface area contributed by atoms with Crippen LogP contribution in [0.2, 0.25) is 0 Å². The lowest BCUT2D eigenvalue weighted by molar-refractivity contribution is -0.146. The molecular formula is C15H26O3. The Morgan fingerprint density at radius 1 is 1.39 bits per heavy atom. The van der Waals surface area contributed by atoms with Crippen molar-refractivity contribution in [2.24, 2.45) is 5.92 Å². The van der Waals surface area contributed by atoms with Crippen LogP contribution in [0, 0.1) is 5.92 Å². The summed E-state index contributed by atoms with van der Waals surface area (Å²) in [5.74, 6) is -0.0203. The van der Waals surface area contributed by atoms with E-state index in [1.807, 2.05) is 6.92 Å². The van der Waals surface area contributed by atoms with E-state index in [2.05, 4.69) is 20.1 Å². The van der Waals surface area contributed by atoms with Crippen LogP contribution in [0.25, 0.3) is 0 Å². The summed E-state index contributed by atoms with van der Waals surface area (Å²) in [5.41, 5.74) is 1.20. The lowest BCUT2D eigenvalue weighted by Crippen LogP contribution is -2.25. The zero-order valence-electron chi connectivity index (χ0n) is 11.7. The van der Waals surface area contributed by atoms with Crippen molar-refractivity contribution in [2.75, 3.05) is 13.2 Å². The molecule has 104 valence electrons. The standard InChI is InChI=1S/C15H26O3/c1-5-14(16)7-6-12(2)13(3)8-9-15(4)17-10-11-18-15/h5,12,14,16H,1,3,6-11H2,2,4H3/t12-,14?/m1/s1. The van der Waals surface area contributed by atoms with Gasteiger partial charge in [-0.1, -0.05) is 25.2 Å². The molecule has 1 saturated heterocycles. The van der Waals surface area contributed by atoms with Gasteiger partial charge in [-0.2, -0.15) is 0 Å². The molecule has 0 bridgehead atoms. The van der Waals surface area contributed by atoms with Crippen LogP contribution in [0.1, 0.15) is 39.5 Å². The summed E-state index contributed by atoms with van der Waals surface area (Å²) in [4.78, 5) is 0. The minimum absolute atomic E-state index is 0.403. The van der Waals surface area contributed by atoms with Gasteiger partial charge in [0.25, 0.3) is 0 Å². The molecule has 0 aromatic heterocycles. The molecule has 1 aliphatic rings. The summed E-state index contributed by atoms with van der Waals surface area (Å²) in [7, 11) is 0. The highest BCUT2D eigenvalue weighted by molar-refractivity contribution is 5.00.